The smallest absolute Gasteiger partial charge is 0.320 e. The fraction of sp³-hybridized carbons (Fsp3) is 0.559. The van der Waals surface area contributed by atoms with E-state index in [1.165, 1.54) is 16.1 Å². The minimum atomic E-state index is -0.901. The van der Waals surface area contributed by atoms with Crippen LogP contribution in [0, 0.1) is 11.3 Å². The molecule has 8 heterocycles. The summed E-state index contributed by atoms with van der Waals surface area (Å²) in [5, 5.41) is 16.2. The van der Waals surface area contributed by atoms with Gasteiger partial charge in [0.25, 0.3) is 11.5 Å². The number of anilines is 2. The zero-order chi connectivity index (χ0) is 35.2. The van der Waals surface area contributed by atoms with Gasteiger partial charge in [-0.15, -0.1) is 11.3 Å². The zero-order valence-electron chi connectivity index (χ0n) is 28.4. The Morgan fingerprint density at radius 3 is 2.78 bits per heavy atom. The Kier molecular flexibility index (Phi) is 7.57. The second-order valence-electron chi connectivity index (χ2n) is 14.8. The van der Waals surface area contributed by atoms with Gasteiger partial charge in [-0.2, -0.15) is 20.3 Å². The van der Waals surface area contributed by atoms with Crippen molar-refractivity contribution in [1.82, 2.24) is 39.5 Å². The predicted octanol–water partition coefficient (Wildman–Crippen LogP) is 3.27. The van der Waals surface area contributed by atoms with Gasteiger partial charge in [-0.3, -0.25) is 19.2 Å². The molecule has 1 N–H and O–H groups in total. The van der Waals surface area contributed by atoms with Crippen molar-refractivity contribution in [2.75, 3.05) is 63.2 Å². The monoisotopic (exact) mass is 733 g/mol. The van der Waals surface area contributed by atoms with E-state index in [-0.39, 0.29) is 46.8 Å². The standard InChI is InChI=1S/C34H37ClFN11O3S/c1-43(2)31(49)26-25(35)21-14-44(8-4-10-47(21)42-26)27-20(12-37)28(41-32(40-27)50-17-34-6-3-9-46(34)13-19(36)11-34)45-15-33(16-45)7-5-22-24(33)23-29(48)38-18-39-30(23)51-22/h18-19H,3-11,13-17H2,1-2H3,(H,38,39,48)/t19-,34+/m1/s1. The Hall–Kier alpha value is -4.33. The van der Waals surface area contributed by atoms with E-state index >= 15 is 0 Å². The molecule has 2 atom stereocenters. The van der Waals surface area contributed by atoms with Crippen LogP contribution in [0.15, 0.2) is 11.1 Å². The average Bonchev–Trinajstić information content (AvgIpc) is 3.86. The van der Waals surface area contributed by atoms with Crippen LogP contribution in [0.25, 0.3) is 10.2 Å². The molecular weight excluding hydrogens is 697 g/mol. The summed E-state index contributed by atoms with van der Waals surface area (Å²) in [6.07, 6.45) is 5.21. The highest BCUT2D eigenvalue weighted by Gasteiger charge is 2.53. The molecule has 3 fully saturated rings. The molecule has 51 heavy (non-hydrogen) atoms. The van der Waals surface area contributed by atoms with Gasteiger partial charge in [-0.25, -0.2) is 9.37 Å². The van der Waals surface area contributed by atoms with Crippen LogP contribution < -0.4 is 20.1 Å². The maximum atomic E-state index is 14.6. The molecule has 17 heteroatoms. The van der Waals surface area contributed by atoms with Gasteiger partial charge in [0.2, 0.25) is 0 Å². The molecule has 0 unspecified atom stereocenters. The second-order valence-corrected chi connectivity index (χ2v) is 16.2. The lowest BCUT2D eigenvalue weighted by molar-refractivity contribution is 0.0821. The molecule has 4 aromatic heterocycles. The highest BCUT2D eigenvalue weighted by Crippen LogP contribution is 2.52. The SMILES string of the molecule is CN(C)C(=O)c1nn2c(c1Cl)CN(c1nc(OC[C@@]34CCCN3C[C@H](F)C4)nc(N3CC4(CCc5sc6nc[nH]c(=O)c6c54)C3)c1C#N)CCC2. The minimum absolute atomic E-state index is 0.129. The summed E-state index contributed by atoms with van der Waals surface area (Å²) >= 11 is 8.39. The number of hydrogen-bond donors (Lipinski definition) is 1. The van der Waals surface area contributed by atoms with Gasteiger partial charge in [0, 0.05) is 63.5 Å². The van der Waals surface area contributed by atoms with Crippen LogP contribution in [0.5, 0.6) is 6.01 Å². The maximum absolute atomic E-state index is 14.6. The quantitative estimate of drug-likeness (QED) is 0.311. The Bertz CT molecular complexity index is 2190. The number of aromatic amines is 1. The number of thiophene rings is 1. The topological polar surface area (TPSA) is 152 Å². The molecule has 266 valence electrons. The first-order chi connectivity index (χ1) is 24.6. The molecule has 0 radical (unpaired) electrons. The fourth-order valence-electron chi connectivity index (χ4n) is 9.05. The van der Waals surface area contributed by atoms with Gasteiger partial charge in [0.15, 0.2) is 17.3 Å². The number of amides is 1. The van der Waals surface area contributed by atoms with Gasteiger partial charge >= 0.3 is 6.01 Å². The molecule has 3 saturated heterocycles. The zero-order valence-corrected chi connectivity index (χ0v) is 30.0. The number of ether oxygens (including phenoxy) is 1. The molecule has 4 aliphatic heterocycles. The van der Waals surface area contributed by atoms with E-state index in [2.05, 4.69) is 30.9 Å². The molecule has 1 amide bonds. The summed E-state index contributed by atoms with van der Waals surface area (Å²) in [6.45, 7) is 3.98. The van der Waals surface area contributed by atoms with Gasteiger partial charge < -0.3 is 24.4 Å². The van der Waals surface area contributed by atoms with Gasteiger partial charge in [0.05, 0.1) is 34.5 Å². The van der Waals surface area contributed by atoms with Crippen molar-refractivity contribution in [3.8, 4) is 12.1 Å². The van der Waals surface area contributed by atoms with Crippen molar-refractivity contribution in [2.45, 2.75) is 68.7 Å². The Morgan fingerprint density at radius 1 is 1.20 bits per heavy atom. The number of fused-ring (bicyclic) bond motifs is 6. The van der Waals surface area contributed by atoms with E-state index in [4.69, 9.17) is 26.3 Å². The van der Waals surface area contributed by atoms with E-state index in [1.807, 2.05) is 4.90 Å². The average molecular weight is 734 g/mol. The summed E-state index contributed by atoms with van der Waals surface area (Å²) in [5.41, 5.74) is 1.43. The molecule has 0 saturated carbocycles. The number of alkyl halides is 1. The first-order valence-electron chi connectivity index (χ1n) is 17.4. The number of nitrogens with zero attached hydrogens (tertiary/aromatic N) is 10. The number of H-pyrrole nitrogens is 1. The third-order valence-electron chi connectivity index (χ3n) is 11.4. The van der Waals surface area contributed by atoms with Crippen molar-refractivity contribution < 1.29 is 13.9 Å². The molecule has 0 bridgehead atoms. The van der Waals surface area contributed by atoms with Crippen molar-refractivity contribution in [3.63, 3.8) is 0 Å². The van der Waals surface area contributed by atoms with Crippen LogP contribution in [-0.4, -0.2) is 111 Å². The summed E-state index contributed by atoms with van der Waals surface area (Å²) in [7, 11) is 3.31. The van der Waals surface area contributed by atoms with E-state index in [9.17, 15) is 19.2 Å². The van der Waals surface area contributed by atoms with Crippen LogP contribution in [-0.2, 0) is 24.9 Å². The number of aromatic nitrogens is 6. The third kappa shape index (κ3) is 5.02. The summed E-state index contributed by atoms with van der Waals surface area (Å²) in [6, 6.07) is 2.53. The Morgan fingerprint density at radius 2 is 2.00 bits per heavy atom. The van der Waals surface area contributed by atoms with Gasteiger partial charge in [0.1, 0.15) is 29.2 Å². The molecule has 14 nitrogen and oxygen atoms in total. The fourth-order valence-corrected chi connectivity index (χ4v) is 10.6. The number of nitrogens with one attached hydrogen (secondary N) is 1. The largest absolute Gasteiger partial charge is 0.461 e. The minimum Gasteiger partial charge on any atom is -0.461 e. The van der Waals surface area contributed by atoms with Crippen LogP contribution in [0.4, 0.5) is 16.0 Å². The lowest BCUT2D eigenvalue weighted by Gasteiger charge is -2.49. The summed E-state index contributed by atoms with van der Waals surface area (Å²) < 4.78 is 22.8. The van der Waals surface area contributed by atoms with E-state index in [1.54, 1.807) is 30.1 Å². The first kappa shape index (κ1) is 32.6. The van der Waals surface area contributed by atoms with Crippen molar-refractivity contribution in [3.05, 3.63) is 49.1 Å². The number of aryl methyl sites for hydroxylation is 2. The van der Waals surface area contributed by atoms with Crippen molar-refractivity contribution in [1.29, 1.82) is 5.26 Å². The number of rotatable bonds is 6. The molecule has 1 aliphatic carbocycles. The van der Waals surface area contributed by atoms with Crippen LogP contribution in [0.1, 0.15) is 64.3 Å². The molecule has 4 aromatic rings. The molecule has 1 spiro atoms. The van der Waals surface area contributed by atoms with E-state index < -0.39 is 11.7 Å². The lowest BCUT2D eigenvalue weighted by atomic mass is 9.74. The van der Waals surface area contributed by atoms with E-state index in [0.29, 0.717) is 73.8 Å². The van der Waals surface area contributed by atoms with Crippen molar-refractivity contribution >= 4 is 50.7 Å². The first-order valence-corrected chi connectivity index (χ1v) is 18.6. The molecule has 0 aromatic carbocycles. The number of carbonyl (C=O) groups excluding carboxylic acids is 1. The third-order valence-corrected chi connectivity index (χ3v) is 13.0. The molecule has 5 aliphatic rings. The number of hydrogen-bond acceptors (Lipinski definition) is 12. The number of carbonyl (C=O) groups is 1. The Balaban J connectivity index is 1.09. The van der Waals surface area contributed by atoms with Crippen LogP contribution >= 0.6 is 22.9 Å². The van der Waals surface area contributed by atoms with Crippen LogP contribution in [0.2, 0.25) is 5.02 Å². The highest BCUT2D eigenvalue weighted by atomic mass is 35.5. The highest BCUT2D eigenvalue weighted by molar-refractivity contribution is 7.18. The summed E-state index contributed by atoms with van der Waals surface area (Å²) in [4.78, 5) is 52.4. The summed E-state index contributed by atoms with van der Waals surface area (Å²) in [5.74, 6) is 0.588. The van der Waals surface area contributed by atoms with Crippen molar-refractivity contribution in [2.24, 2.45) is 0 Å². The number of nitriles is 1. The van der Waals surface area contributed by atoms with E-state index in [0.717, 1.165) is 42.6 Å². The van der Waals surface area contributed by atoms with Gasteiger partial charge in [-0.1, -0.05) is 11.6 Å². The predicted molar refractivity (Wildman–Crippen MR) is 189 cm³/mol. The molecule has 9 rings (SSSR count). The number of halogens is 2. The van der Waals surface area contributed by atoms with Gasteiger partial charge in [-0.05, 0) is 44.2 Å². The normalized spacial score (nSPS) is 23.5. The molecular formula is C34H37ClFN11O3S. The van der Waals surface area contributed by atoms with Crippen LogP contribution in [0.3, 0.4) is 0 Å². The second kappa shape index (κ2) is 11.9. The Labute approximate surface area is 301 Å². The maximum Gasteiger partial charge on any atom is 0.320 e. The lowest BCUT2D eigenvalue weighted by Crippen LogP contribution is -2.59.